The Morgan fingerprint density at radius 2 is 2.00 bits per heavy atom. The average Bonchev–Trinajstić information content (AvgIpc) is 3.26. The lowest BCUT2D eigenvalue weighted by Gasteiger charge is -2.11. The van der Waals surface area contributed by atoms with Crippen molar-refractivity contribution in [3.05, 3.63) is 69.7 Å². The van der Waals surface area contributed by atoms with Crippen LogP contribution in [0, 0.1) is 0 Å². The van der Waals surface area contributed by atoms with Gasteiger partial charge < -0.3 is 14.5 Å². The van der Waals surface area contributed by atoms with Crippen molar-refractivity contribution < 1.29 is 13.9 Å². The van der Waals surface area contributed by atoms with Crippen LogP contribution in [0.1, 0.15) is 48.5 Å². The molecule has 1 aliphatic heterocycles. The summed E-state index contributed by atoms with van der Waals surface area (Å²) in [7, 11) is 0. The van der Waals surface area contributed by atoms with Crippen LogP contribution in [0.3, 0.4) is 0 Å². The number of rotatable bonds is 5. The minimum absolute atomic E-state index is 0.0736. The Labute approximate surface area is 184 Å². The smallest absolute Gasteiger partial charge is 0.256 e. The topological polar surface area (TPSA) is 63.8 Å². The molecule has 6 heteroatoms. The first-order chi connectivity index (χ1) is 14.5. The zero-order valence-corrected chi connectivity index (χ0v) is 18.7. The fraction of sp³-hybridized carbons (Fsp3) is 0.333. The lowest BCUT2D eigenvalue weighted by Crippen LogP contribution is -2.34. The molecular formula is C24H25BrN2O3. The zero-order chi connectivity index (χ0) is 21.1. The molecule has 1 atom stereocenters. The van der Waals surface area contributed by atoms with E-state index in [1.165, 1.54) is 5.56 Å². The van der Waals surface area contributed by atoms with E-state index >= 15 is 0 Å². The second-order valence-electron chi connectivity index (χ2n) is 7.85. The molecule has 4 rings (SSSR count). The normalized spacial score (nSPS) is 17.1. The summed E-state index contributed by atoms with van der Waals surface area (Å²) in [5.74, 6) is 0.232. The molecule has 1 saturated heterocycles. The van der Waals surface area contributed by atoms with Gasteiger partial charge in [0.2, 0.25) is 5.55 Å². The van der Waals surface area contributed by atoms with Gasteiger partial charge in [-0.25, -0.2) is 4.99 Å². The molecule has 1 N–H and O–H groups in total. The quantitative estimate of drug-likeness (QED) is 0.540. The molecule has 1 aromatic heterocycles. The minimum Gasteiger partial charge on any atom is -0.438 e. The maximum Gasteiger partial charge on any atom is 0.256 e. The Morgan fingerprint density at radius 3 is 2.70 bits per heavy atom. The number of amides is 1. The number of nitrogens with one attached hydrogen (secondary N) is 1. The standard InChI is InChI=1S/C24H25BrN2O3/c1-15(2)16-5-8-19(9-6-16)27-24-21(23(28)26-14-20-4-3-11-29-20)13-17-12-18(25)7-10-22(17)30-24/h5-10,12-13,15,20H,3-4,11,14H2,1-2H3,(H,26,28). The van der Waals surface area contributed by atoms with Gasteiger partial charge in [0.15, 0.2) is 0 Å². The van der Waals surface area contributed by atoms with Crippen LogP contribution in [-0.2, 0) is 4.74 Å². The highest BCUT2D eigenvalue weighted by Gasteiger charge is 2.18. The molecule has 1 aliphatic rings. The summed E-state index contributed by atoms with van der Waals surface area (Å²) in [6.07, 6.45) is 2.08. The van der Waals surface area contributed by atoms with E-state index in [2.05, 4.69) is 52.2 Å². The van der Waals surface area contributed by atoms with E-state index in [1.807, 2.05) is 36.4 Å². The van der Waals surface area contributed by atoms with Gasteiger partial charge in [0.1, 0.15) is 11.1 Å². The number of ether oxygens (including phenoxy) is 1. The third-order valence-corrected chi connectivity index (χ3v) is 5.75. The SMILES string of the molecule is CC(C)c1ccc(N=c2oc3ccc(Br)cc3cc2C(=O)NCC2CCCO2)cc1. The fourth-order valence-electron chi connectivity index (χ4n) is 3.51. The number of nitrogens with zero attached hydrogens (tertiary/aromatic N) is 1. The molecule has 0 saturated carbocycles. The van der Waals surface area contributed by atoms with Crippen LogP contribution < -0.4 is 10.9 Å². The van der Waals surface area contributed by atoms with Crippen molar-refractivity contribution in [3.63, 3.8) is 0 Å². The number of hydrogen-bond acceptors (Lipinski definition) is 4. The van der Waals surface area contributed by atoms with Gasteiger partial charge in [-0.2, -0.15) is 0 Å². The van der Waals surface area contributed by atoms with Crippen LogP contribution in [0.5, 0.6) is 0 Å². The second-order valence-corrected chi connectivity index (χ2v) is 8.77. The van der Waals surface area contributed by atoms with E-state index in [0.29, 0.717) is 29.2 Å². The summed E-state index contributed by atoms with van der Waals surface area (Å²) < 4.78 is 12.6. The van der Waals surface area contributed by atoms with Crippen molar-refractivity contribution in [1.29, 1.82) is 0 Å². The molecule has 1 amide bonds. The number of halogens is 1. The molecule has 0 bridgehead atoms. The Morgan fingerprint density at radius 1 is 1.20 bits per heavy atom. The molecule has 3 aromatic rings. The third kappa shape index (κ3) is 4.82. The van der Waals surface area contributed by atoms with Crippen LogP contribution in [0.25, 0.3) is 11.0 Å². The number of benzene rings is 2. The van der Waals surface area contributed by atoms with Gasteiger partial charge in [-0.15, -0.1) is 0 Å². The highest BCUT2D eigenvalue weighted by molar-refractivity contribution is 9.10. The van der Waals surface area contributed by atoms with Crippen LogP contribution in [-0.4, -0.2) is 25.2 Å². The zero-order valence-electron chi connectivity index (χ0n) is 17.2. The highest BCUT2D eigenvalue weighted by Crippen LogP contribution is 2.21. The van der Waals surface area contributed by atoms with Crippen LogP contribution in [0.2, 0.25) is 0 Å². The van der Waals surface area contributed by atoms with E-state index in [1.54, 1.807) is 0 Å². The average molecular weight is 469 g/mol. The van der Waals surface area contributed by atoms with Crippen LogP contribution in [0.4, 0.5) is 5.69 Å². The molecule has 2 aromatic carbocycles. The first-order valence-electron chi connectivity index (χ1n) is 10.3. The number of fused-ring (bicyclic) bond motifs is 1. The van der Waals surface area contributed by atoms with E-state index in [9.17, 15) is 4.79 Å². The largest absolute Gasteiger partial charge is 0.438 e. The summed E-state index contributed by atoms with van der Waals surface area (Å²) in [5.41, 5.74) is 3.36. The second kappa shape index (κ2) is 9.14. The summed E-state index contributed by atoms with van der Waals surface area (Å²) in [4.78, 5) is 17.6. The van der Waals surface area contributed by atoms with Gasteiger partial charge in [-0.1, -0.05) is 41.9 Å². The lowest BCUT2D eigenvalue weighted by atomic mass is 10.0. The maximum atomic E-state index is 13.0. The van der Waals surface area contributed by atoms with E-state index in [-0.39, 0.29) is 12.0 Å². The Bertz CT molecular complexity index is 1110. The fourth-order valence-corrected chi connectivity index (χ4v) is 3.88. The molecule has 2 heterocycles. The van der Waals surface area contributed by atoms with Crippen molar-refractivity contribution in [1.82, 2.24) is 5.32 Å². The molecule has 5 nitrogen and oxygen atoms in total. The summed E-state index contributed by atoms with van der Waals surface area (Å²) >= 11 is 3.48. The number of hydrogen-bond donors (Lipinski definition) is 1. The minimum atomic E-state index is -0.214. The van der Waals surface area contributed by atoms with Gasteiger partial charge in [0.25, 0.3) is 5.91 Å². The molecule has 1 fully saturated rings. The number of carbonyl (C=O) groups is 1. The molecule has 30 heavy (non-hydrogen) atoms. The van der Waals surface area contributed by atoms with Crippen LogP contribution in [0.15, 0.2) is 62.4 Å². The van der Waals surface area contributed by atoms with Crippen molar-refractivity contribution in [2.45, 2.75) is 38.7 Å². The van der Waals surface area contributed by atoms with Crippen molar-refractivity contribution >= 4 is 38.5 Å². The molecule has 0 radical (unpaired) electrons. The van der Waals surface area contributed by atoms with Crippen molar-refractivity contribution in [2.75, 3.05) is 13.2 Å². The Kier molecular flexibility index (Phi) is 6.35. The summed E-state index contributed by atoms with van der Waals surface area (Å²) in [6, 6.07) is 15.5. The molecular weight excluding hydrogens is 444 g/mol. The highest BCUT2D eigenvalue weighted by atomic mass is 79.9. The van der Waals surface area contributed by atoms with Gasteiger partial charge in [0.05, 0.1) is 11.8 Å². The lowest BCUT2D eigenvalue weighted by molar-refractivity contribution is 0.0854. The molecule has 0 aliphatic carbocycles. The van der Waals surface area contributed by atoms with Gasteiger partial charge in [0, 0.05) is 23.0 Å². The van der Waals surface area contributed by atoms with E-state index in [0.717, 1.165) is 35.0 Å². The van der Waals surface area contributed by atoms with Crippen LogP contribution >= 0.6 is 15.9 Å². The van der Waals surface area contributed by atoms with E-state index < -0.39 is 0 Å². The summed E-state index contributed by atoms with van der Waals surface area (Å²) in [5, 5.41) is 3.81. The first-order valence-corrected chi connectivity index (χ1v) is 11.1. The molecule has 0 spiro atoms. The molecule has 156 valence electrons. The van der Waals surface area contributed by atoms with Gasteiger partial charge >= 0.3 is 0 Å². The summed E-state index contributed by atoms with van der Waals surface area (Å²) in [6.45, 7) is 5.55. The predicted octanol–water partition coefficient (Wildman–Crippen LogP) is 5.46. The van der Waals surface area contributed by atoms with Gasteiger partial charge in [-0.05, 0) is 60.7 Å². The maximum absolute atomic E-state index is 13.0. The van der Waals surface area contributed by atoms with Crippen molar-refractivity contribution in [2.24, 2.45) is 4.99 Å². The monoisotopic (exact) mass is 468 g/mol. The first kappa shape index (κ1) is 20.8. The predicted molar refractivity (Wildman–Crippen MR) is 121 cm³/mol. The third-order valence-electron chi connectivity index (χ3n) is 5.26. The van der Waals surface area contributed by atoms with E-state index in [4.69, 9.17) is 9.15 Å². The number of carbonyl (C=O) groups excluding carboxylic acids is 1. The molecule has 1 unspecified atom stereocenters. The van der Waals surface area contributed by atoms with Crippen molar-refractivity contribution in [3.8, 4) is 0 Å². The Balaban J connectivity index is 1.72. The Hall–Kier alpha value is -2.44. The van der Waals surface area contributed by atoms with Gasteiger partial charge in [-0.3, -0.25) is 4.79 Å².